The van der Waals surface area contributed by atoms with Crippen LogP contribution in [0.2, 0.25) is 0 Å². The molecule has 0 saturated carbocycles. The molecular weight excluding hydrogens is 236 g/mol. The van der Waals surface area contributed by atoms with Crippen molar-refractivity contribution in [1.29, 1.82) is 0 Å². The molecule has 0 saturated heterocycles. The van der Waals surface area contributed by atoms with Gasteiger partial charge >= 0.3 is 6.09 Å². The fourth-order valence-electron chi connectivity index (χ4n) is 0.697. The Morgan fingerprint density at radius 2 is 1.69 bits per heavy atom. The summed E-state index contributed by atoms with van der Waals surface area (Å²) in [5.41, 5.74) is -0.618. The smallest absolute Gasteiger partial charge is 0.408 e. The Labute approximate surface area is 98.7 Å². The maximum absolute atomic E-state index is 11.1. The molecule has 0 atom stereocenters. The van der Waals surface area contributed by atoms with Gasteiger partial charge in [-0.3, -0.25) is 9.59 Å². The highest BCUT2D eigenvalue weighted by molar-refractivity contribution is 6.64. The van der Waals surface area contributed by atoms with Crippen molar-refractivity contribution in [3.8, 4) is 0 Å². The minimum atomic E-state index is -0.695. The molecule has 16 heavy (non-hydrogen) atoms. The van der Waals surface area contributed by atoms with Crippen LogP contribution in [0.15, 0.2) is 0 Å². The highest BCUT2D eigenvalue weighted by Gasteiger charge is 2.16. The minimum absolute atomic E-state index is 0.265. The lowest BCUT2D eigenvalue weighted by Crippen LogP contribution is -2.40. The van der Waals surface area contributed by atoms with Crippen LogP contribution >= 0.6 is 11.6 Å². The molecule has 7 heteroatoms. The van der Waals surface area contributed by atoms with Gasteiger partial charge in [-0.05, 0) is 32.4 Å². The molecular formula is C9H15ClN2O4. The van der Waals surface area contributed by atoms with E-state index in [1.807, 2.05) is 0 Å². The third kappa shape index (κ3) is 9.26. The Hall–Kier alpha value is -1.30. The van der Waals surface area contributed by atoms with Crippen molar-refractivity contribution in [3.05, 3.63) is 0 Å². The van der Waals surface area contributed by atoms with E-state index >= 15 is 0 Å². The van der Waals surface area contributed by atoms with Crippen LogP contribution in [0.5, 0.6) is 0 Å². The van der Waals surface area contributed by atoms with Gasteiger partial charge in [0, 0.05) is 0 Å². The summed E-state index contributed by atoms with van der Waals surface area (Å²) in [6, 6.07) is 0. The SMILES string of the molecule is CC(C)(C)OC(=O)NCC(=O)NCC(=O)Cl. The number of alkyl carbamates (subject to hydrolysis) is 1. The fourth-order valence-corrected chi connectivity index (χ4v) is 0.764. The van der Waals surface area contributed by atoms with Gasteiger partial charge in [-0.25, -0.2) is 4.79 Å². The number of hydrogen-bond acceptors (Lipinski definition) is 4. The Bertz CT molecular complexity index is 286. The normalized spacial score (nSPS) is 10.5. The van der Waals surface area contributed by atoms with E-state index in [9.17, 15) is 14.4 Å². The van der Waals surface area contributed by atoms with E-state index in [-0.39, 0.29) is 13.1 Å². The average molecular weight is 251 g/mol. The summed E-state index contributed by atoms with van der Waals surface area (Å²) in [6.07, 6.45) is -0.695. The summed E-state index contributed by atoms with van der Waals surface area (Å²) in [5, 5.41) is 3.77. The molecule has 0 unspecified atom stereocenters. The molecule has 92 valence electrons. The van der Waals surface area contributed by atoms with Gasteiger partial charge < -0.3 is 15.4 Å². The first kappa shape index (κ1) is 14.7. The molecule has 2 N–H and O–H groups in total. The summed E-state index contributed by atoms with van der Waals surface area (Å²) < 4.78 is 4.89. The van der Waals surface area contributed by atoms with Crippen LogP contribution in [-0.4, -0.2) is 35.9 Å². The molecule has 0 aromatic heterocycles. The lowest BCUT2D eigenvalue weighted by atomic mass is 10.2. The van der Waals surface area contributed by atoms with Crippen molar-refractivity contribution < 1.29 is 19.1 Å². The van der Waals surface area contributed by atoms with Crippen LogP contribution in [0.3, 0.4) is 0 Å². The van der Waals surface area contributed by atoms with Crippen molar-refractivity contribution in [1.82, 2.24) is 10.6 Å². The van der Waals surface area contributed by atoms with Gasteiger partial charge in [0.1, 0.15) is 12.1 Å². The van der Waals surface area contributed by atoms with E-state index in [1.165, 1.54) is 0 Å². The van der Waals surface area contributed by atoms with Gasteiger partial charge in [-0.2, -0.15) is 0 Å². The van der Waals surface area contributed by atoms with E-state index in [2.05, 4.69) is 10.6 Å². The third-order valence-electron chi connectivity index (χ3n) is 1.22. The maximum Gasteiger partial charge on any atom is 0.408 e. The quantitative estimate of drug-likeness (QED) is 0.707. The largest absolute Gasteiger partial charge is 0.444 e. The molecule has 0 spiro atoms. The van der Waals surface area contributed by atoms with Crippen LogP contribution in [0.4, 0.5) is 4.79 Å². The molecule has 0 radical (unpaired) electrons. The van der Waals surface area contributed by atoms with E-state index in [4.69, 9.17) is 16.3 Å². The van der Waals surface area contributed by atoms with Crippen molar-refractivity contribution in [2.24, 2.45) is 0 Å². The summed E-state index contributed by atoms with van der Waals surface area (Å²) in [5.74, 6) is -0.514. The number of halogens is 1. The Kier molecular flexibility index (Phi) is 5.81. The number of ether oxygens (including phenoxy) is 1. The second-order valence-electron chi connectivity index (χ2n) is 3.99. The predicted molar refractivity (Wildman–Crippen MR) is 58.1 cm³/mol. The van der Waals surface area contributed by atoms with Crippen LogP contribution < -0.4 is 10.6 Å². The lowest BCUT2D eigenvalue weighted by molar-refractivity contribution is -0.122. The Morgan fingerprint density at radius 1 is 1.12 bits per heavy atom. The standard InChI is InChI=1S/C9H15ClN2O4/c1-9(2,3)16-8(15)12-5-7(14)11-4-6(10)13/h4-5H2,1-3H3,(H,11,14)(H,12,15). The van der Waals surface area contributed by atoms with Crippen LogP contribution in [0, 0.1) is 0 Å². The number of hydrogen-bond donors (Lipinski definition) is 2. The van der Waals surface area contributed by atoms with Crippen molar-refractivity contribution in [3.63, 3.8) is 0 Å². The van der Waals surface area contributed by atoms with Gasteiger partial charge in [-0.1, -0.05) is 0 Å². The number of amides is 2. The van der Waals surface area contributed by atoms with Gasteiger partial charge in [0.05, 0.1) is 6.54 Å². The molecule has 6 nitrogen and oxygen atoms in total. The van der Waals surface area contributed by atoms with Crippen LogP contribution in [0.25, 0.3) is 0 Å². The van der Waals surface area contributed by atoms with E-state index in [1.54, 1.807) is 20.8 Å². The first-order chi connectivity index (χ1) is 7.20. The first-order valence-electron chi connectivity index (χ1n) is 4.62. The second-order valence-corrected chi connectivity index (χ2v) is 4.41. The molecule has 0 rings (SSSR count). The highest BCUT2D eigenvalue weighted by Crippen LogP contribution is 2.05. The van der Waals surface area contributed by atoms with Crippen molar-refractivity contribution >= 4 is 28.8 Å². The number of nitrogens with one attached hydrogen (secondary N) is 2. The third-order valence-corrected chi connectivity index (χ3v) is 1.35. The van der Waals surface area contributed by atoms with Gasteiger partial charge in [-0.15, -0.1) is 0 Å². The molecule has 0 bridgehead atoms. The Balaban J connectivity index is 3.76. The predicted octanol–water partition coefficient (Wildman–Crippen LogP) is 0.393. The summed E-state index contributed by atoms with van der Waals surface area (Å²) in [4.78, 5) is 32.4. The van der Waals surface area contributed by atoms with Crippen molar-refractivity contribution in [2.75, 3.05) is 13.1 Å². The van der Waals surface area contributed by atoms with E-state index in [0.717, 1.165) is 0 Å². The zero-order valence-corrected chi connectivity index (χ0v) is 10.2. The fraction of sp³-hybridized carbons (Fsp3) is 0.667. The maximum atomic E-state index is 11.1. The average Bonchev–Trinajstić information content (AvgIpc) is 2.08. The monoisotopic (exact) mass is 250 g/mol. The summed E-state index contributed by atoms with van der Waals surface area (Å²) >= 11 is 5.01. The first-order valence-corrected chi connectivity index (χ1v) is 5.00. The molecule has 0 fully saturated rings. The molecule has 0 aliphatic rings. The topological polar surface area (TPSA) is 84.5 Å². The van der Waals surface area contributed by atoms with E-state index in [0.29, 0.717) is 0 Å². The molecule has 0 aromatic rings. The molecule has 0 aliphatic heterocycles. The molecule has 2 amide bonds. The van der Waals surface area contributed by atoms with E-state index < -0.39 is 22.8 Å². The minimum Gasteiger partial charge on any atom is -0.444 e. The number of carbonyl (C=O) groups is 3. The van der Waals surface area contributed by atoms with Gasteiger partial charge in [0.2, 0.25) is 11.1 Å². The zero-order valence-electron chi connectivity index (χ0n) is 9.43. The lowest BCUT2D eigenvalue weighted by Gasteiger charge is -2.19. The Morgan fingerprint density at radius 3 is 2.12 bits per heavy atom. The molecule has 0 aromatic carbocycles. The highest BCUT2D eigenvalue weighted by atomic mass is 35.5. The second kappa shape index (κ2) is 6.32. The number of rotatable bonds is 4. The van der Waals surface area contributed by atoms with Gasteiger partial charge in [0.15, 0.2) is 0 Å². The molecule has 0 aliphatic carbocycles. The van der Waals surface area contributed by atoms with Crippen LogP contribution in [0.1, 0.15) is 20.8 Å². The summed E-state index contributed by atoms with van der Waals surface area (Å²) in [6.45, 7) is 4.59. The van der Waals surface area contributed by atoms with Crippen molar-refractivity contribution in [2.45, 2.75) is 26.4 Å². The molecule has 0 heterocycles. The zero-order chi connectivity index (χ0) is 12.8. The number of carbonyl (C=O) groups excluding carboxylic acids is 3. The van der Waals surface area contributed by atoms with Gasteiger partial charge in [0.25, 0.3) is 0 Å². The van der Waals surface area contributed by atoms with Crippen LogP contribution in [-0.2, 0) is 14.3 Å². The summed E-state index contributed by atoms with van der Waals surface area (Å²) in [7, 11) is 0.